The van der Waals surface area contributed by atoms with Gasteiger partial charge in [-0.25, -0.2) is 4.39 Å². The second kappa shape index (κ2) is 6.10. The molecule has 19 heavy (non-hydrogen) atoms. The molecule has 0 bridgehead atoms. The molecule has 0 heterocycles. The van der Waals surface area contributed by atoms with Crippen LogP contribution in [0.15, 0.2) is 24.3 Å². The lowest BCUT2D eigenvalue weighted by molar-refractivity contribution is -0.121. The summed E-state index contributed by atoms with van der Waals surface area (Å²) in [6, 6.07) is 6.00. The van der Waals surface area contributed by atoms with E-state index in [4.69, 9.17) is 18.0 Å². The van der Waals surface area contributed by atoms with E-state index in [0.29, 0.717) is 4.99 Å². The summed E-state index contributed by atoms with van der Waals surface area (Å²) in [4.78, 5) is 12.4. The van der Waals surface area contributed by atoms with Gasteiger partial charge in [-0.3, -0.25) is 4.79 Å². The molecule has 3 N–H and O–H groups in total. The Morgan fingerprint density at radius 1 is 1.37 bits per heavy atom. The van der Waals surface area contributed by atoms with E-state index in [-0.39, 0.29) is 30.1 Å². The Labute approximate surface area is 117 Å². The summed E-state index contributed by atoms with van der Waals surface area (Å²) >= 11 is 5.01. The number of carbonyl (C=O) groups excluding carboxylic acids is 1. The third-order valence-electron chi connectivity index (χ3n) is 3.51. The van der Waals surface area contributed by atoms with E-state index < -0.39 is 0 Å². The lowest BCUT2D eigenvalue weighted by atomic mass is 10.0. The van der Waals surface area contributed by atoms with Gasteiger partial charge >= 0.3 is 0 Å². The van der Waals surface area contributed by atoms with Gasteiger partial charge in [0.1, 0.15) is 5.82 Å². The molecule has 1 fully saturated rings. The first-order chi connectivity index (χ1) is 9.06. The van der Waals surface area contributed by atoms with Gasteiger partial charge in [0.25, 0.3) is 0 Å². The molecule has 0 spiro atoms. The molecule has 1 aromatic rings. The summed E-state index contributed by atoms with van der Waals surface area (Å²) in [5.41, 5.74) is 6.47. The van der Waals surface area contributed by atoms with E-state index in [2.05, 4.69) is 5.32 Å². The molecule has 5 heteroatoms. The Balaban J connectivity index is 1.90. The molecule has 1 saturated carbocycles. The van der Waals surface area contributed by atoms with Crippen LogP contribution in [0.3, 0.4) is 0 Å². The quantitative estimate of drug-likeness (QED) is 0.829. The molecule has 2 rings (SSSR count). The predicted molar refractivity (Wildman–Crippen MR) is 76.2 cm³/mol. The van der Waals surface area contributed by atoms with Crippen LogP contribution in [0.5, 0.6) is 0 Å². The van der Waals surface area contributed by atoms with Gasteiger partial charge in [0.15, 0.2) is 0 Å². The molecule has 0 aliphatic heterocycles. The van der Waals surface area contributed by atoms with Crippen molar-refractivity contribution in [1.82, 2.24) is 5.32 Å². The summed E-state index contributed by atoms with van der Waals surface area (Å²) in [6.07, 6.45) is 3.14. The molecule has 102 valence electrons. The normalized spacial score (nSPS) is 22.2. The molecule has 0 aromatic heterocycles. The lowest BCUT2D eigenvalue weighted by Crippen LogP contribution is -2.42. The van der Waals surface area contributed by atoms with E-state index in [1.165, 1.54) is 12.1 Å². The molecule has 1 aromatic carbocycles. The molecule has 0 saturated heterocycles. The van der Waals surface area contributed by atoms with Crippen molar-refractivity contribution in [2.75, 3.05) is 0 Å². The number of amides is 1. The number of carbonyl (C=O) groups is 1. The summed E-state index contributed by atoms with van der Waals surface area (Å²) in [6.45, 7) is 0. The summed E-state index contributed by atoms with van der Waals surface area (Å²) < 4.78 is 12.8. The van der Waals surface area contributed by atoms with Gasteiger partial charge in [0.2, 0.25) is 5.91 Å². The van der Waals surface area contributed by atoms with Crippen molar-refractivity contribution in [3.63, 3.8) is 0 Å². The number of benzene rings is 1. The van der Waals surface area contributed by atoms with Crippen molar-refractivity contribution in [3.8, 4) is 0 Å². The summed E-state index contributed by atoms with van der Waals surface area (Å²) in [7, 11) is 0. The van der Waals surface area contributed by atoms with Crippen molar-refractivity contribution in [3.05, 3.63) is 35.6 Å². The van der Waals surface area contributed by atoms with Crippen LogP contribution in [-0.2, 0) is 11.2 Å². The highest BCUT2D eigenvalue weighted by molar-refractivity contribution is 7.80. The van der Waals surface area contributed by atoms with Crippen molar-refractivity contribution in [2.45, 2.75) is 31.7 Å². The minimum atomic E-state index is -0.298. The Bertz CT molecular complexity index is 475. The van der Waals surface area contributed by atoms with E-state index in [9.17, 15) is 9.18 Å². The first kappa shape index (κ1) is 13.9. The van der Waals surface area contributed by atoms with E-state index >= 15 is 0 Å². The van der Waals surface area contributed by atoms with Crippen LogP contribution in [0.25, 0.3) is 0 Å². The van der Waals surface area contributed by atoms with E-state index in [0.717, 1.165) is 24.8 Å². The van der Waals surface area contributed by atoms with Gasteiger partial charge in [0, 0.05) is 12.0 Å². The highest BCUT2D eigenvalue weighted by Crippen LogP contribution is 2.25. The molecule has 3 nitrogen and oxygen atoms in total. The first-order valence-electron chi connectivity index (χ1n) is 6.39. The van der Waals surface area contributed by atoms with Gasteiger partial charge in [0.05, 0.1) is 11.4 Å². The topological polar surface area (TPSA) is 55.1 Å². The molecule has 2 atom stereocenters. The SMILES string of the molecule is NC(=S)C1CCCC1NC(=O)Cc1ccc(F)cc1. The van der Waals surface area contributed by atoms with Crippen molar-refractivity contribution in [2.24, 2.45) is 11.7 Å². The van der Waals surface area contributed by atoms with Gasteiger partial charge in [-0.15, -0.1) is 0 Å². The average molecular weight is 280 g/mol. The number of nitrogens with one attached hydrogen (secondary N) is 1. The Hall–Kier alpha value is -1.49. The maximum Gasteiger partial charge on any atom is 0.224 e. The Morgan fingerprint density at radius 3 is 2.68 bits per heavy atom. The van der Waals surface area contributed by atoms with Crippen LogP contribution >= 0.6 is 12.2 Å². The van der Waals surface area contributed by atoms with Gasteiger partial charge in [-0.1, -0.05) is 30.8 Å². The second-order valence-corrected chi connectivity index (χ2v) is 5.39. The zero-order valence-corrected chi connectivity index (χ0v) is 11.4. The van der Waals surface area contributed by atoms with Gasteiger partial charge in [-0.2, -0.15) is 0 Å². The summed E-state index contributed by atoms with van der Waals surface area (Å²) in [5.74, 6) is -0.263. The fourth-order valence-electron chi connectivity index (χ4n) is 2.52. The van der Waals surface area contributed by atoms with E-state index in [1.807, 2.05) is 0 Å². The first-order valence-corrected chi connectivity index (χ1v) is 6.80. The summed E-state index contributed by atoms with van der Waals surface area (Å²) in [5, 5.41) is 2.97. The number of hydrogen-bond donors (Lipinski definition) is 2. The van der Waals surface area contributed by atoms with Crippen molar-refractivity contribution in [1.29, 1.82) is 0 Å². The molecular weight excluding hydrogens is 263 g/mol. The lowest BCUT2D eigenvalue weighted by Gasteiger charge is -2.19. The zero-order valence-electron chi connectivity index (χ0n) is 10.6. The number of rotatable bonds is 4. The second-order valence-electron chi connectivity index (χ2n) is 4.92. The largest absolute Gasteiger partial charge is 0.393 e. The van der Waals surface area contributed by atoms with Gasteiger partial charge < -0.3 is 11.1 Å². The van der Waals surface area contributed by atoms with Crippen molar-refractivity contribution >= 4 is 23.1 Å². The number of halogens is 1. The smallest absolute Gasteiger partial charge is 0.224 e. The highest BCUT2D eigenvalue weighted by atomic mass is 32.1. The van der Waals surface area contributed by atoms with Gasteiger partial charge in [-0.05, 0) is 30.5 Å². The average Bonchev–Trinajstić information content (AvgIpc) is 2.80. The third kappa shape index (κ3) is 3.73. The Kier molecular flexibility index (Phi) is 4.47. The number of nitrogens with two attached hydrogens (primary N) is 1. The van der Waals surface area contributed by atoms with Crippen LogP contribution in [0.1, 0.15) is 24.8 Å². The fraction of sp³-hybridized carbons (Fsp3) is 0.429. The molecule has 1 amide bonds. The molecule has 1 aliphatic rings. The van der Waals surface area contributed by atoms with Crippen molar-refractivity contribution < 1.29 is 9.18 Å². The van der Waals surface area contributed by atoms with Crippen LogP contribution in [0.4, 0.5) is 4.39 Å². The third-order valence-corrected chi connectivity index (χ3v) is 3.81. The molecule has 2 unspecified atom stereocenters. The monoisotopic (exact) mass is 280 g/mol. The minimum absolute atomic E-state index is 0.0467. The van der Waals surface area contributed by atoms with E-state index in [1.54, 1.807) is 12.1 Å². The van der Waals surface area contributed by atoms with Crippen LogP contribution in [-0.4, -0.2) is 16.9 Å². The van der Waals surface area contributed by atoms with Crippen LogP contribution < -0.4 is 11.1 Å². The molecule has 1 aliphatic carbocycles. The molecular formula is C14H17FN2OS. The minimum Gasteiger partial charge on any atom is -0.393 e. The highest BCUT2D eigenvalue weighted by Gasteiger charge is 2.30. The Morgan fingerprint density at radius 2 is 2.05 bits per heavy atom. The van der Waals surface area contributed by atoms with Crippen LogP contribution in [0.2, 0.25) is 0 Å². The fourth-order valence-corrected chi connectivity index (χ4v) is 2.80. The van der Waals surface area contributed by atoms with Crippen LogP contribution in [0, 0.1) is 11.7 Å². The number of hydrogen-bond acceptors (Lipinski definition) is 2. The zero-order chi connectivity index (χ0) is 13.8. The maximum absolute atomic E-state index is 12.8. The number of thiocarbonyl (C=S) groups is 1. The standard InChI is InChI=1S/C14H17FN2OS/c15-10-6-4-9(5-7-10)8-13(18)17-12-3-1-2-11(12)14(16)19/h4-7,11-12H,1-3,8H2,(H2,16,19)(H,17,18). The molecule has 0 radical (unpaired) electrons. The maximum atomic E-state index is 12.8. The predicted octanol–water partition coefficient (Wildman–Crippen LogP) is 1.94.